The molecule has 2 aliphatic heterocycles. The largest absolute Gasteiger partial charge is 0.378 e. The monoisotopic (exact) mass is 252 g/mol. The average molecular weight is 252 g/mol. The minimum atomic E-state index is 0.432. The summed E-state index contributed by atoms with van der Waals surface area (Å²) in [6.07, 6.45) is 5.50. The third kappa shape index (κ3) is 2.45. The minimum Gasteiger partial charge on any atom is -0.378 e. The lowest BCUT2D eigenvalue weighted by Gasteiger charge is -2.56. The smallest absolute Gasteiger partial charge is 0.0651 e. The van der Waals surface area contributed by atoms with Gasteiger partial charge in [-0.25, -0.2) is 0 Å². The van der Waals surface area contributed by atoms with E-state index in [1.54, 1.807) is 0 Å². The molecule has 0 atom stereocenters. The van der Waals surface area contributed by atoms with Crippen LogP contribution in [0.15, 0.2) is 0 Å². The van der Waals surface area contributed by atoms with Crippen molar-refractivity contribution in [3.05, 3.63) is 0 Å². The summed E-state index contributed by atoms with van der Waals surface area (Å²) in [5.41, 5.74) is 0.432. The predicted molar refractivity (Wildman–Crippen MR) is 73.7 cm³/mol. The number of nitrogens with zero attached hydrogens (tertiary/aromatic N) is 2. The fourth-order valence-corrected chi connectivity index (χ4v) is 4.22. The van der Waals surface area contributed by atoms with E-state index in [4.69, 9.17) is 4.74 Å². The van der Waals surface area contributed by atoms with Crippen LogP contribution in [0.3, 0.4) is 0 Å². The van der Waals surface area contributed by atoms with Gasteiger partial charge in [-0.1, -0.05) is 6.92 Å². The summed E-state index contributed by atoms with van der Waals surface area (Å²) in [5.74, 6) is 1.83. The molecule has 3 heteroatoms. The second-order valence-electron chi connectivity index (χ2n) is 6.98. The Kier molecular flexibility index (Phi) is 3.65. The van der Waals surface area contributed by atoms with Crippen molar-refractivity contribution in [2.24, 2.45) is 11.8 Å². The second kappa shape index (κ2) is 5.10. The topological polar surface area (TPSA) is 15.7 Å². The number of rotatable bonds is 2. The molecule has 3 nitrogen and oxygen atoms in total. The van der Waals surface area contributed by atoms with Crippen molar-refractivity contribution in [1.82, 2.24) is 9.80 Å². The van der Waals surface area contributed by atoms with E-state index < -0.39 is 0 Å². The van der Waals surface area contributed by atoms with Gasteiger partial charge in [-0.05, 0) is 57.7 Å². The minimum absolute atomic E-state index is 0.432. The van der Waals surface area contributed by atoms with Crippen LogP contribution < -0.4 is 0 Å². The van der Waals surface area contributed by atoms with Crippen LogP contribution in [0, 0.1) is 11.8 Å². The van der Waals surface area contributed by atoms with Gasteiger partial charge in [0.25, 0.3) is 0 Å². The highest BCUT2D eigenvalue weighted by Gasteiger charge is 2.48. The summed E-state index contributed by atoms with van der Waals surface area (Å²) in [6, 6.07) is 0. The van der Waals surface area contributed by atoms with Crippen molar-refractivity contribution in [3.8, 4) is 0 Å². The van der Waals surface area contributed by atoms with Crippen LogP contribution in [0.5, 0.6) is 0 Å². The third-order valence-corrected chi connectivity index (χ3v) is 5.32. The lowest BCUT2D eigenvalue weighted by atomic mass is 9.67. The fraction of sp³-hybridized carbons (Fsp3) is 1.00. The zero-order valence-electron chi connectivity index (χ0n) is 12.0. The molecule has 0 radical (unpaired) electrons. The molecule has 2 saturated heterocycles. The van der Waals surface area contributed by atoms with Gasteiger partial charge < -0.3 is 9.64 Å². The molecule has 1 spiro atoms. The molecule has 1 aliphatic carbocycles. The third-order valence-electron chi connectivity index (χ3n) is 5.32. The summed E-state index contributed by atoms with van der Waals surface area (Å²) < 4.78 is 5.76. The zero-order valence-corrected chi connectivity index (χ0v) is 12.0. The van der Waals surface area contributed by atoms with E-state index in [-0.39, 0.29) is 0 Å². The lowest BCUT2D eigenvalue weighted by molar-refractivity contribution is -0.131. The Morgan fingerprint density at radius 2 is 1.89 bits per heavy atom. The van der Waals surface area contributed by atoms with Crippen LogP contribution in [0.2, 0.25) is 0 Å². The van der Waals surface area contributed by atoms with E-state index >= 15 is 0 Å². The average Bonchev–Trinajstić information content (AvgIpc) is 2.33. The van der Waals surface area contributed by atoms with Crippen molar-refractivity contribution in [2.75, 3.05) is 46.4 Å². The van der Waals surface area contributed by atoms with Crippen LogP contribution in [0.4, 0.5) is 0 Å². The van der Waals surface area contributed by atoms with Crippen molar-refractivity contribution in [1.29, 1.82) is 0 Å². The highest BCUT2D eigenvalue weighted by atomic mass is 16.5. The highest BCUT2D eigenvalue weighted by Crippen LogP contribution is 2.44. The summed E-state index contributed by atoms with van der Waals surface area (Å²) in [7, 11) is 2.25. The molecule has 3 rings (SSSR count). The summed E-state index contributed by atoms with van der Waals surface area (Å²) in [5, 5.41) is 0. The first-order valence-electron chi connectivity index (χ1n) is 7.69. The predicted octanol–water partition coefficient (Wildman–Crippen LogP) is 1.83. The van der Waals surface area contributed by atoms with E-state index in [1.165, 1.54) is 51.9 Å². The molecule has 2 heterocycles. The van der Waals surface area contributed by atoms with Gasteiger partial charge in [0, 0.05) is 18.6 Å². The molecule has 0 N–H and O–H groups in total. The Balaban J connectivity index is 1.57. The van der Waals surface area contributed by atoms with E-state index in [9.17, 15) is 0 Å². The van der Waals surface area contributed by atoms with Crippen molar-refractivity contribution in [3.63, 3.8) is 0 Å². The van der Waals surface area contributed by atoms with Crippen molar-refractivity contribution < 1.29 is 4.74 Å². The zero-order chi connectivity index (χ0) is 12.6. The van der Waals surface area contributed by atoms with Gasteiger partial charge in [-0.2, -0.15) is 0 Å². The number of ether oxygens (including phenoxy) is 1. The van der Waals surface area contributed by atoms with Gasteiger partial charge >= 0.3 is 0 Å². The van der Waals surface area contributed by atoms with E-state index in [0.29, 0.717) is 5.54 Å². The molecule has 1 saturated carbocycles. The molecule has 104 valence electrons. The van der Waals surface area contributed by atoms with Crippen LogP contribution in [0.1, 0.15) is 32.6 Å². The van der Waals surface area contributed by atoms with Gasteiger partial charge in [0.15, 0.2) is 0 Å². The first-order chi connectivity index (χ1) is 8.68. The molecule has 3 aliphatic rings. The number of hydrogen-bond donors (Lipinski definition) is 0. The second-order valence-corrected chi connectivity index (χ2v) is 6.98. The number of likely N-dealkylation sites (tertiary alicyclic amines) is 1. The van der Waals surface area contributed by atoms with E-state index in [1.807, 2.05) is 0 Å². The molecule has 0 amide bonds. The fourth-order valence-electron chi connectivity index (χ4n) is 4.22. The Hall–Kier alpha value is -0.120. The molecular formula is C15H28N2O. The van der Waals surface area contributed by atoms with Crippen LogP contribution in [-0.2, 0) is 4.74 Å². The first-order valence-corrected chi connectivity index (χ1v) is 7.69. The molecule has 0 aromatic rings. The van der Waals surface area contributed by atoms with Gasteiger partial charge in [0.05, 0.1) is 13.2 Å². The number of morpholine rings is 1. The number of piperidine rings is 1. The summed E-state index contributed by atoms with van der Waals surface area (Å²) in [6.45, 7) is 9.39. The van der Waals surface area contributed by atoms with Crippen molar-refractivity contribution in [2.45, 2.75) is 38.1 Å². The Labute approximate surface area is 111 Å². The number of hydrogen-bond acceptors (Lipinski definition) is 3. The van der Waals surface area contributed by atoms with Crippen LogP contribution >= 0.6 is 0 Å². The normalized spacial score (nSPS) is 40.0. The maximum Gasteiger partial charge on any atom is 0.0651 e. The maximum atomic E-state index is 5.76. The maximum absolute atomic E-state index is 5.76. The summed E-state index contributed by atoms with van der Waals surface area (Å²) in [4.78, 5) is 5.25. The molecule has 0 aromatic carbocycles. The Morgan fingerprint density at radius 3 is 2.56 bits per heavy atom. The van der Waals surface area contributed by atoms with Crippen LogP contribution in [-0.4, -0.2) is 61.8 Å². The Bertz CT molecular complexity index is 275. The quantitative estimate of drug-likeness (QED) is 0.746. The summed E-state index contributed by atoms with van der Waals surface area (Å²) >= 11 is 0. The standard InChI is InChI=1S/C15H28N2O/c1-13-9-15(10-13)12-18-8-7-17(15)11-14-3-5-16(2)6-4-14/h13-14H,3-12H2,1-2H3. The van der Waals surface area contributed by atoms with Gasteiger partial charge in [0.2, 0.25) is 0 Å². The van der Waals surface area contributed by atoms with Gasteiger partial charge in [0.1, 0.15) is 0 Å². The molecule has 3 fully saturated rings. The molecule has 0 bridgehead atoms. The lowest BCUT2D eigenvalue weighted by Crippen LogP contribution is -2.64. The molecule has 18 heavy (non-hydrogen) atoms. The van der Waals surface area contributed by atoms with E-state index in [2.05, 4.69) is 23.8 Å². The highest BCUT2D eigenvalue weighted by molar-refractivity contribution is 5.03. The van der Waals surface area contributed by atoms with Crippen LogP contribution in [0.25, 0.3) is 0 Å². The molecule has 0 aromatic heterocycles. The Morgan fingerprint density at radius 1 is 1.17 bits per heavy atom. The van der Waals surface area contributed by atoms with Gasteiger partial charge in [-0.3, -0.25) is 4.90 Å². The van der Waals surface area contributed by atoms with E-state index in [0.717, 1.165) is 25.0 Å². The molecule has 0 unspecified atom stereocenters. The van der Waals surface area contributed by atoms with Gasteiger partial charge in [-0.15, -0.1) is 0 Å². The van der Waals surface area contributed by atoms with Crippen molar-refractivity contribution >= 4 is 0 Å². The first kappa shape index (κ1) is 12.9. The SMILES string of the molecule is CC1CC2(COCCN2CC2CCN(C)CC2)C1. The molecular weight excluding hydrogens is 224 g/mol.